The Morgan fingerprint density at radius 2 is 1.22 bits per heavy atom. The van der Waals surface area contributed by atoms with Crippen molar-refractivity contribution < 1.29 is 22.3 Å². The zero-order valence-corrected chi connectivity index (χ0v) is 14.4. The van der Waals surface area contributed by atoms with Crippen molar-refractivity contribution in [3.8, 4) is 5.75 Å². The summed E-state index contributed by atoms with van der Waals surface area (Å²) in [6.45, 7) is 0. The third kappa shape index (κ3) is 4.19. The maximum absolute atomic E-state index is 14.1. The van der Waals surface area contributed by atoms with Crippen LogP contribution in [0, 0.1) is 5.82 Å². The highest BCUT2D eigenvalue weighted by Gasteiger charge is 2.38. The standard InChI is InChI=1S/C22H16F4O/c1-27-19-13-9-16(10-14-19)20(15-7-11-18(23)12-8-15)21(22(24,25)26)17-5-3-2-4-6-17/h2-14H,1H3/b21-20+. The molecule has 0 fully saturated rings. The van der Waals surface area contributed by atoms with Gasteiger partial charge >= 0.3 is 6.18 Å². The van der Waals surface area contributed by atoms with Gasteiger partial charge in [0.1, 0.15) is 11.6 Å². The molecule has 138 valence electrons. The first-order valence-electron chi connectivity index (χ1n) is 8.17. The smallest absolute Gasteiger partial charge is 0.417 e. The quantitative estimate of drug-likeness (QED) is 0.383. The fraction of sp³-hybridized carbons (Fsp3) is 0.0909. The van der Waals surface area contributed by atoms with Gasteiger partial charge in [-0.15, -0.1) is 0 Å². The topological polar surface area (TPSA) is 9.23 Å². The van der Waals surface area contributed by atoms with Crippen molar-refractivity contribution >= 4 is 11.1 Å². The van der Waals surface area contributed by atoms with E-state index in [0.717, 1.165) is 12.1 Å². The van der Waals surface area contributed by atoms with E-state index in [4.69, 9.17) is 4.74 Å². The summed E-state index contributed by atoms with van der Waals surface area (Å²) >= 11 is 0. The highest BCUT2D eigenvalue weighted by Crippen LogP contribution is 2.42. The molecule has 3 rings (SSSR count). The van der Waals surface area contributed by atoms with E-state index in [1.165, 1.54) is 31.4 Å². The molecule has 0 radical (unpaired) electrons. The van der Waals surface area contributed by atoms with Crippen LogP contribution in [0.15, 0.2) is 78.9 Å². The summed E-state index contributed by atoms with van der Waals surface area (Å²) in [5, 5.41) is 0. The van der Waals surface area contributed by atoms with Crippen LogP contribution in [0.1, 0.15) is 16.7 Å². The Morgan fingerprint density at radius 3 is 1.70 bits per heavy atom. The molecule has 0 aromatic heterocycles. The number of allylic oxidation sites excluding steroid dienone is 1. The lowest BCUT2D eigenvalue weighted by Gasteiger charge is -2.19. The van der Waals surface area contributed by atoms with Crippen molar-refractivity contribution in [3.05, 3.63) is 101 Å². The van der Waals surface area contributed by atoms with E-state index in [2.05, 4.69) is 0 Å². The maximum Gasteiger partial charge on any atom is 0.417 e. The number of hydrogen-bond donors (Lipinski definition) is 0. The van der Waals surface area contributed by atoms with Gasteiger partial charge in [0.05, 0.1) is 12.7 Å². The molecule has 1 nitrogen and oxygen atoms in total. The van der Waals surface area contributed by atoms with Gasteiger partial charge in [-0.2, -0.15) is 13.2 Å². The molecule has 0 aliphatic rings. The second-order valence-electron chi connectivity index (χ2n) is 5.85. The molecule has 3 aromatic carbocycles. The second kappa shape index (κ2) is 7.66. The van der Waals surface area contributed by atoms with E-state index < -0.39 is 17.6 Å². The first-order chi connectivity index (χ1) is 12.9. The fourth-order valence-electron chi connectivity index (χ4n) is 2.88. The molecule has 0 spiro atoms. The molecular formula is C22H16F4O. The zero-order valence-electron chi connectivity index (χ0n) is 14.4. The Labute approximate surface area is 154 Å². The summed E-state index contributed by atoms with van der Waals surface area (Å²) in [5.74, 6) is 0.0200. The predicted octanol–water partition coefficient (Wildman–Crippen LogP) is 6.36. The van der Waals surface area contributed by atoms with E-state index in [-0.39, 0.29) is 16.7 Å². The minimum absolute atomic E-state index is 0.0173. The van der Waals surface area contributed by atoms with Gasteiger partial charge < -0.3 is 4.74 Å². The van der Waals surface area contributed by atoms with Gasteiger partial charge in [0.15, 0.2) is 0 Å². The van der Waals surface area contributed by atoms with Crippen molar-refractivity contribution in [2.24, 2.45) is 0 Å². The summed E-state index contributed by atoms with van der Waals surface area (Å²) in [4.78, 5) is 0. The van der Waals surface area contributed by atoms with Gasteiger partial charge in [-0.1, -0.05) is 54.6 Å². The van der Waals surface area contributed by atoms with Crippen molar-refractivity contribution in [2.75, 3.05) is 7.11 Å². The van der Waals surface area contributed by atoms with Crippen LogP contribution in [0.5, 0.6) is 5.75 Å². The number of ether oxygens (including phenoxy) is 1. The molecule has 0 aliphatic carbocycles. The summed E-state index contributed by atoms with van der Waals surface area (Å²) in [6, 6.07) is 18.9. The highest BCUT2D eigenvalue weighted by atomic mass is 19.4. The van der Waals surface area contributed by atoms with Gasteiger partial charge in [0.25, 0.3) is 0 Å². The first kappa shape index (κ1) is 18.7. The van der Waals surface area contributed by atoms with Crippen molar-refractivity contribution in [1.29, 1.82) is 0 Å². The van der Waals surface area contributed by atoms with Crippen LogP contribution in [0.3, 0.4) is 0 Å². The Kier molecular flexibility index (Phi) is 5.31. The Morgan fingerprint density at radius 1 is 0.704 bits per heavy atom. The average Bonchev–Trinajstić information content (AvgIpc) is 2.67. The summed E-state index contributed by atoms with van der Waals surface area (Å²) in [7, 11) is 1.48. The molecule has 0 aliphatic heterocycles. The van der Waals surface area contributed by atoms with Crippen LogP contribution in [0.2, 0.25) is 0 Å². The van der Waals surface area contributed by atoms with E-state index >= 15 is 0 Å². The summed E-state index contributed by atoms with van der Waals surface area (Å²) in [6.07, 6.45) is -4.61. The number of alkyl halides is 3. The fourth-order valence-corrected chi connectivity index (χ4v) is 2.88. The minimum atomic E-state index is -4.61. The minimum Gasteiger partial charge on any atom is -0.497 e. The summed E-state index contributed by atoms with van der Waals surface area (Å²) in [5.41, 5.74) is -0.118. The maximum atomic E-state index is 14.1. The molecule has 0 unspecified atom stereocenters. The molecule has 0 atom stereocenters. The first-order valence-corrected chi connectivity index (χ1v) is 8.17. The molecule has 0 bridgehead atoms. The Bertz CT molecular complexity index is 925. The van der Waals surface area contributed by atoms with Crippen LogP contribution in [0.4, 0.5) is 17.6 Å². The zero-order chi connectivity index (χ0) is 19.4. The van der Waals surface area contributed by atoms with Crippen LogP contribution >= 0.6 is 0 Å². The van der Waals surface area contributed by atoms with Crippen LogP contribution < -0.4 is 4.74 Å². The van der Waals surface area contributed by atoms with Crippen LogP contribution in [0.25, 0.3) is 11.1 Å². The van der Waals surface area contributed by atoms with Crippen LogP contribution in [-0.2, 0) is 0 Å². The largest absolute Gasteiger partial charge is 0.497 e. The van der Waals surface area contributed by atoms with Crippen molar-refractivity contribution in [2.45, 2.75) is 6.18 Å². The van der Waals surface area contributed by atoms with E-state index in [9.17, 15) is 17.6 Å². The van der Waals surface area contributed by atoms with Gasteiger partial charge in [-0.3, -0.25) is 0 Å². The number of rotatable bonds is 4. The van der Waals surface area contributed by atoms with Gasteiger partial charge in [-0.25, -0.2) is 4.39 Å². The molecule has 0 saturated heterocycles. The monoisotopic (exact) mass is 372 g/mol. The normalized spacial score (nSPS) is 12.5. The lowest BCUT2D eigenvalue weighted by atomic mass is 9.89. The van der Waals surface area contributed by atoms with Gasteiger partial charge in [0.2, 0.25) is 0 Å². The molecule has 0 amide bonds. The molecular weight excluding hydrogens is 356 g/mol. The predicted molar refractivity (Wildman–Crippen MR) is 97.8 cm³/mol. The molecule has 27 heavy (non-hydrogen) atoms. The number of methoxy groups -OCH3 is 1. The number of halogens is 4. The Hall–Kier alpha value is -3.08. The van der Waals surface area contributed by atoms with E-state index in [0.29, 0.717) is 11.3 Å². The lowest BCUT2D eigenvalue weighted by Crippen LogP contribution is -2.14. The number of benzene rings is 3. The SMILES string of the molecule is COc1ccc(/C(=C(\c2ccccc2)C(F)(F)F)c2ccc(F)cc2)cc1. The van der Waals surface area contributed by atoms with Gasteiger partial charge in [-0.05, 0) is 41.0 Å². The van der Waals surface area contributed by atoms with Crippen molar-refractivity contribution in [1.82, 2.24) is 0 Å². The Balaban J connectivity index is 2.34. The van der Waals surface area contributed by atoms with E-state index in [1.807, 2.05) is 0 Å². The third-order valence-electron chi connectivity index (χ3n) is 4.11. The molecule has 5 heteroatoms. The average molecular weight is 372 g/mol. The summed E-state index contributed by atoms with van der Waals surface area (Å²) < 4.78 is 60.7. The molecule has 0 heterocycles. The van der Waals surface area contributed by atoms with Crippen LogP contribution in [-0.4, -0.2) is 13.3 Å². The highest BCUT2D eigenvalue weighted by molar-refractivity contribution is 6.00. The molecule has 0 N–H and O–H groups in total. The van der Waals surface area contributed by atoms with E-state index in [1.54, 1.807) is 42.5 Å². The lowest BCUT2D eigenvalue weighted by molar-refractivity contribution is -0.0685. The molecule has 3 aromatic rings. The van der Waals surface area contributed by atoms with Crippen molar-refractivity contribution in [3.63, 3.8) is 0 Å². The van der Waals surface area contributed by atoms with Gasteiger partial charge in [0, 0.05) is 5.57 Å². The third-order valence-corrected chi connectivity index (χ3v) is 4.11. The second-order valence-corrected chi connectivity index (χ2v) is 5.85. The molecule has 0 saturated carbocycles. The number of hydrogen-bond acceptors (Lipinski definition) is 1.